The van der Waals surface area contributed by atoms with Crippen molar-refractivity contribution in [2.45, 2.75) is 59.5 Å². The van der Waals surface area contributed by atoms with E-state index in [1.165, 1.54) is 0 Å². The first-order valence-electron chi connectivity index (χ1n) is 6.56. The van der Waals surface area contributed by atoms with Crippen LogP contribution in [0.4, 0.5) is 0 Å². The molecule has 0 spiro atoms. The second kappa shape index (κ2) is 4.93. The Morgan fingerprint density at radius 1 is 1.41 bits per heavy atom. The van der Waals surface area contributed by atoms with E-state index in [1.54, 1.807) is 13.8 Å². The van der Waals surface area contributed by atoms with E-state index in [0.29, 0.717) is 0 Å². The SMILES string of the molecule is CC(=O)[C@@H]1[C@@H](/C=C/C(C)(C)C)CCC[C@]1(C)O. The second-order valence-corrected chi connectivity index (χ2v) is 6.73. The van der Waals surface area contributed by atoms with Crippen LogP contribution in [0.2, 0.25) is 0 Å². The lowest BCUT2D eigenvalue weighted by atomic mass is 9.67. The molecule has 17 heavy (non-hydrogen) atoms. The summed E-state index contributed by atoms with van der Waals surface area (Å²) in [6, 6.07) is 0. The molecule has 1 N–H and O–H groups in total. The monoisotopic (exact) mass is 238 g/mol. The van der Waals surface area contributed by atoms with Crippen molar-refractivity contribution in [2.24, 2.45) is 17.3 Å². The molecule has 0 aromatic carbocycles. The predicted molar refractivity (Wildman–Crippen MR) is 70.7 cm³/mol. The Morgan fingerprint density at radius 2 is 2.00 bits per heavy atom. The normalized spacial score (nSPS) is 35.2. The number of allylic oxidation sites excluding steroid dienone is 2. The maximum Gasteiger partial charge on any atom is 0.136 e. The molecule has 0 heterocycles. The Kier molecular flexibility index (Phi) is 4.19. The summed E-state index contributed by atoms with van der Waals surface area (Å²) >= 11 is 0. The van der Waals surface area contributed by atoms with Gasteiger partial charge in [0.15, 0.2) is 0 Å². The summed E-state index contributed by atoms with van der Waals surface area (Å²) in [5.74, 6) is 0.0589. The zero-order valence-corrected chi connectivity index (χ0v) is 11.8. The Balaban J connectivity index is 2.89. The topological polar surface area (TPSA) is 37.3 Å². The van der Waals surface area contributed by atoms with Crippen molar-refractivity contribution in [1.29, 1.82) is 0 Å². The van der Waals surface area contributed by atoms with Crippen LogP contribution in [0.1, 0.15) is 53.9 Å². The number of hydrogen-bond acceptors (Lipinski definition) is 2. The van der Waals surface area contributed by atoms with E-state index in [0.717, 1.165) is 19.3 Å². The van der Waals surface area contributed by atoms with Crippen molar-refractivity contribution < 1.29 is 9.90 Å². The van der Waals surface area contributed by atoms with Gasteiger partial charge in [-0.05, 0) is 44.4 Å². The molecule has 2 heteroatoms. The number of rotatable bonds is 2. The maximum absolute atomic E-state index is 11.8. The van der Waals surface area contributed by atoms with Crippen LogP contribution in [0.25, 0.3) is 0 Å². The Hall–Kier alpha value is -0.630. The third-order valence-corrected chi connectivity index (χ3v) is 3.60. The first kappa shape index (κ1) is 14.4. The molecule has 0 aromatic rings. The van der Waals surface area contributed by atoms with Crippen LogP contribution in [0.5, 0.6) is 0 Å². The minimum absolute atomic E-state index is 0.109. The molecule has 1 saturated carbocycles. The molecule has 2 nitrogen and oxygen atoms in total. The highest BCUT2D eigenvalue weighted by atomic mass is 16.3. The Bertz CT molecular complexity index is 307. The first-order valence-corrected chi connectivity index (χ1v) is 6.56. The molecule has 1 rings (SSSR count). The standard InChI is InChI=1S/C15H26O2/c1-11(16)13-12(8-10-14(2,3)4)7-6-9-15(13,5)17/h8,10,12-13,17H,6-7,9H2,1-5H3/b10-8+/t12-,13-,15+/m1/s1. The van der Waals surface area contributed by atoms with Crippen LogP contribution in [-0.4, -0.2) is 16.5 Å². The summed E-state index contributed by atoms with van der Waals surface area (Å²) < 4.78 is 0. The largest absolute Gasteiger partial charge is 0.389 e. The number of carbonyl (C=O) groups is 1. The van der Waals surface area contributed by atoms with Gasteiger partial charge in [-0.3, -0.25) is 4.79 Å². The van der Waals surface area contributed by atoms with Crippen molar-refractivity contribution in [1.82, 2.24) is 0 Å². The number of ketones is 1. The van der Waals surface area contributed by atoms with Crippen LogP contribution >= 0.6 is 0 Å². The zero-order chi connectivity index (χ0) is 13.3. The Morgan fingerprint density at radius 3 is 2.47 bits per heavy atom. The van der Waals surface area contributed by atoms with E-state index in [4.69, 9.17) is 0 Å². The molecule has 0 aromatic heterocycles. The highest BCUT2D eigenvalue weighted by Crippen LogP contribution is 2.39. The number of Topliss-reactive ketones (excluding diaryl/α,β-unsaturated/α-hetero) is 1. The van der Waals surface area contributed by atoms with Crippen LogP contribution in [0.15, 0.2) is 12.2 Å². The quantitative estimate of drug-likeness (QED) is 0.749. The summed E-state index contributed by atoms with van der Waals surface area (Å²) in [6.07, 6.45) is 7.04. The summed E-state index contributed by atoms with van der Waals surface area (Å²) in [5.41, 5.74) is -0.707. The lowest BCUT2D eigenvalue weighted by Crippen LogP contribution is -2.45. The molecule has 0 amide bonds. The van der Waals surface area contributed by atoms with E-state index >= 15 is 0 Å². The molecule has 3 atom stereocenters. The van der Waals surface area contributed by atoms with Gasteiger partial charge in [0, 0.05) is 0 Å². The van der Waals surface area contributed by atoms with Gasteiger partial charge in [-0.2, -0.15) is 0 Å². The number of aliphatic hydroxyl groups is 1. The molecule has 98 valence electrons. The van der Waals surface area contributed by atoms with Crippen molar-refractivity contribution in [3.05, 3.63) is 12.2 Å². The van der Waals surface area contributed by atoms with Crippen LogP contribution in [0.3, 0.4) is 0 Å². The summed E-state index contributed by atoms with van der Waals surface area (Å²) in [4.78, 5) is 11.8. The average Bonchev–Trinajstić information content (AvgIpc) is 2.11. The molecule has 0 radical (unpaired) electrons. The van der Waals surface area contributed by atoms with Gasteiger partial charge in [0.1, 0.15) is 5.78 Å². The highest BCUT2D eigenvalue weighted by molar-refractivity contribution is 5.80. The van der Waals surface area contributed by atoms with Gasteiger partial charge in [-0.15, -0.1) is 0 Å². The van der Waals surface area contributed by atoms with Crippen LogP contribution < -0.4 is 0 Å². The maximum atomic E-state index is 11.8. The predicted octanol–water partition coefficient (Wildman–Crippen LogP) is 3.35. The molecular formula is C15H26O2. The van der Waals surface area contributed by atoms with Gasteiger partial charge in [-0.25, -0.2) is 0 Å². The van der Waals surface area contributed by atoms with Gasteiger partial charge >= 0.3 is 0 Å². The van der Waals surface area contributed by atoms with Gasteiger partial charge in [0.25, 0.3) is 0 Å². The summed E-state index contributed by atoms with van der Waals surface area (Å²) in [5, 5.41) is 10.3. The molecule has 0 saturated heterocycles. The Labute approximate surface area is 105 Å². The highest BCUT2D eigenvalue weighted by Gasteiger charge is 2.42. The summed E-state index contributed by atoms with van der Waals surface area (Å²) in [7, 11) is 0. The average molecular weight is 238 g/mol. The molecule has 0 unspecified atom stereocenters. The van der Waals surface area contributed by atoms with Crippen molar-refractivity contribution >= 4 is 5.78 Å². The van der Waals surface area contributed by atoms with E-state index in [-0.39, 0.29) is 23.0 Å². The molecule has 1 fully saturated rings. The van der Waals surface area contributed by atoms with E-state index in [2.05, 4.69) is 32.9 Å². The van der Waals surface area contributed by atoms with Crippen molar-refractivity contribution in [3.8, 4) is 0 Å². The van der Waals surface area contributed by atoms with Crippen molar-refractivity contribution in [2.75, 3.05) is 0 Å². The van der Waals surface area contributed by atoms with E-state index in [1.807, 2.05) is 0 Å². The molecular weight excluding hydrogens is 212 g/mol. The molecule has 0 aliphatic heterocycles. The minimum Gasteiger partial charge on any atom is -0.389 e. The zero-order valence-electron chi connectivity index (χ0n) is 11.8. The third-order valence-electron chi connectivity index (χ3n) is 3.60. The smallest absolute Gasteiger partial charge is 0.136 e. The van der Waals surface area contributed by atoms with Gasteiger partial charge < -0.3 is 5.11 Å². The van der Waals surface area contributed by atoms with Gasteiger partial charge in [-0.1, -0.05) is 32.9 Å². The van der Waals surface area contributed by atoms with Crippen LogP contribution in [-0.2, 0) is 4.79 Å². The number of carbonyl (C=O) groups excluding carboxylic acids is 1. The lowest BCUT2D eigenvalue weighted by molar-refractivity contribution is -0.135. The third kappa shape index (κ3) is 3.95. The molecule has 1 aliphatic rings. The van der Waals surface area contributed by atoms with Crippen molar-refractivity contribution in [3.63, 3.8) is 0 Å². The van der Waals surface area contributed by atoms with Gasteiger partial charge in [0.05, 0.1) is 11.5 Å². The minimum atomic E-state index is -0.836. The van der Waals surface area contributed by atoms with Crippen LogP contribution in [0, 0.1) is 17.3 Å². The molecule has 1 aliphatic carbocycles. The lowest BCUT2D eigenvalue weighted by Gasteiger charge is -2.40. The first-order chi connectivity index (χ1) is 7.63. The fraction of sp³-hybridized carbons (Fsp3) is 0.800. The second-order valence-electron chi connectivity index (χ2n) is 6.73. The fourth-order valence-corrected chi connectivity index (χ4v) is 2.84. The van der Waals surface area contributed by atoms with Gasteiger partial charge in [0.2, 0.25) is 0 Å². The molecule has 0 bridgehead atoms. The van der Waals surface area contributed by atoms with E-state index < -0.39 is 5.60 Å². The number of hydrogen-bond donors (Lipinski definition) is 1. The fourth-order valence-electron chi connectivity index (χ4n) is 2.84. The van der Waals surface area contributed by atoms with E-state index in [9.17, 15) is 9.90 Å². The summed E-state index contributed by atoms with van der Waals surface area (Å²) in [6.45, 7) is 9.84.